The van der Waals surface area contributed by atoms with E-state index in [9.17, 15) is 4.79 Å². The van der Waals surface area contributed by atoms with Crippen molar-refractivity contribution in [3.8, 4) is 11.4 Å². The van der Waals surface area contributed by atoms with E-state index in [1.807, 2.05) is 13.1 Å². The number of aliphatic hydroxyl groups is 1. The first-order valence-corrected chi connectivity index (χ1v) is 12.7. The zero-order chi connectivity index (χ0) is 29.4. The van der Waals surface area contributed by atoms with Gasteiger partial charge in [-0.15, -0.1) is 0 Å². The molecule has 1 saturated heterocycles. The van der Waals surface area contributed by atoms with Crippen molar-refractivity contribution in [2.75, 3.05) is 39.1 Å². The van der Waals surface area contributed by atoms with Crippen LogP contribution in [0, 0.1) is 26.7 Å². The van der Waals surface area contributed by atoms with Crippen LogP contribution in [0.4, 0.5) is 5.95 Å². The second-order valence-electron chi connectivity index (χ2n) is 9.20. The molecule has 0 saturated carbocycles. The van der Waals surface area contributed by atoms with Crippen molar-refractivity contribution >= 4 is 29.1 Å². The molecule has 1 aliphatic heterocycles. The van der Waals surface area contributed by atoms with Gasteiger partial charge in [-0.1, -0.05) is 20.1 Å². The van der Waals surface area contributed by atoms with Gasteiger partial charge in [0.2, 0.25) is 5.95 Å². The molecular formula is C29H44N6O5. The van der Waals surface area contributed by atoms with Crippen LogP contribution in [0.5, 0.6) is 0 Å². The summed E-state index contributed by atoms with van der Waals surface area (Å²) in [6.07, 6.45) is 8.08. The van der Waals surface area contributed by atoms with Gasteiger partial charge in [0.25, 0.3) is 0 Å². The topological polar surface area (TPSA) is 161 Å². The van der Waals surface area contributed by atoms with Crippen LogP contribution in [0.25, 0.3) is 22.4 Å². The van der Waals surface area contributed by atoms with Crippen LogP contribution in [-0.4, -0.2) is 81.0 Å². The first-order valence-electron chi connectivity index (χ1n) is 12.7. The van der Waals surface area contributed by atoms with Crippen LogP contribution in [0.3, 0.4) is 0 Å². The van der Waals surface area contributed by atoms with Gasteiger partial charge in [0, 0.05) is 25.9 Å². The molecule has 1 fully saturated rings. The molecule has 3 heterocycles. The van der Waals surface area contributed by atoms with Crippen LogP contribution in [0.2, 0.25) is 0 Å². The summed E-state index contributed by atoms with van der Waals surface area (Å²) in [7, 11) is 3.22. The minimum absolute atomic E-state index is 0. The molecule has 0 aliphatic carbocycles. The van der Waals surface area contributed by atoms with E-state index in [1.165, 1.54) is 49.9 Å². The van der Waals surface area contributed by atoms with Gasteiger partial charge in [-0.3, -0.25) is 0 Å². The van der Waals surface area contributed by atoms with E-state index in [1.54, 1.807) is 0 Å². The molecule has 4 rings (SSSR count). The van der Waals surface area contributed by atoms with E-state index in [0.29, 0.717) is 5.95 Å². The summed E-state index contributed by atoms with van der Waals surface area (Å²) in [6, 6.07) is 4.30. The molecule has 1 aliphatic rings. The molecule has 3 aromatic rings. The number of anilines is 1. The highest BCUT2D eigenvalue weighted by Gasteiger charge is 2.16. The van der Waals surface area contributed by atoms with E-state index in [-0.39, 0.29) is 13.6 Å². The molecule has 0 radical (unpaired) electrons. The van der Waals surface area contributed by atoms with Crippen LogP contribution in [0.15, 0.2) is 31.0 Å². The molecule has 0 atom stereocenters. The number of aliphatic hydroxyl groups excluding tert-OH is 1. The van der Waals surface area contributed by atoms with Gasteiger partial charge in [0.05, 0.1) is 22.3 Å². The number of piperidine rings is 1. The highest BCUT2D eigenvalue weighted by atomic mass is 16.4. The minimum Gasteiger partial charge on any atom is -0.478 e. The van der Waals surface area contributed by atoms with Gasteiger partial charge in [-0.05, 0) is 89.7 Å². The van der Waals surface area contributed by atoms with Crippen molar-refractivity contribution in [1.29, 1.82) is 0 Å². The Bertz CT molecular complexity index is 1230. The maximum Gasteiger partial charge on any atom is 0.373 e. The fraction of sp³-hybridized carbons (Fsp3) is 0.483. The number of aromatic nitrogens is 4. The number of H-pyrrole nitrogens is 1. The van der Waals surface area contributed by atoms with Gasteiger partial charge in [0.15, 0.2) is 0 Å². The Hall–Kier alpha value is -3.92. The molecule has 2 aromatic heterocycles. The number of imidazole rings is 1. The summed E-state index contributed by atoms with van der Waals surface area (Å²) < 4.78 is 0. The highest BCUT2D eigenvalue weighted by Crippen LogP contribution is 2.25. The maximum absolute atomic E-state index is 9.25. The van der Waals surface area contributed by atoms with Gasteiger partial charge in [-0.25, -0.2) is 19.7 Å². The number of nitrogens with one attached hydrogen (secondary N) is 2. The number of likely N-dealkylation sites (tertiary alicyclic amines) is 1. The number of benzene rings is 1. The van der Waals surface area contributed by atoms with E-state index in [0.717, 1.165) is 53.8 Å². The SMILES string of the molecule is C.C=CC(=O)O.CO.Cc1cc(C)c2nc(-c3cnc(NCCCC4CCN(C)CC4)nc3C)[nH]c2c1.O=C=O. The summed E-state index contributed by atoms with van der Waals surface area (Å²) in [6.45, 7) is 12.6. The molecule has 11 nitrogen and oxygen atoms in total. The lowest BCUT2D eigenvalue weighted by Gasteiger charge is -2.28. The van der Waals surface area contributed by atoms with Crippen molar-refractivity contribution in [3.05, 3.63) is 47.8 Å². The molecular weight excluding hydrogens is 512 g/mol. The zero-order valence-corrected chi connectivity index (χ0v) is 23.5. The monoisotopic (exact) mass is 556 g/mol. The average Bonchev–Trinajstić information content (AvgIpc) is 3.34. The number of rotatable bonds is 7. The Kier molecular flexibility index (Phi) is 17.3. The van der Waals surface area contributed by atoms with E-state index >= 15 is 0 Å². The number of nitrogens with zero attached hydrogens (tertiary/aromatic N) is 4. The molecule has 11 heteroatoms. The Labute approximate surface area is 236 Å². The number of carboxylic acids is 1. The fourth-order valence-corrected chi connectivity index (χ4v) is 4.32. The molecule has 0 amide bonds. The van der Waals surface area contributed by atoms with Crippen molar-refractivity contribution < 1.29 is 24.6 Å². The maximum atomic E-state index is 9.25. The third kappa shape index (κ3) is 11.9. The van der Waals surface area contributed by atoms with Crippen LogP contribution < -0.4 is 5.32 Å². The lowest BCUT2D eigenvalue weighted by atomic mass is 9.92. The minimum atomic E-state index is -0.981. The number of aliphatic carboxylic acids is 1. The number of hydrogen-bond acceptors (Lipinski definition) is 9. The van der Waals surface area contributed by atoms with Crippen LogP contribution in [-0.2, 0) is 14.4 Å². The molecule has 4 N–H and O–H groups in total. The van der Waals surface area contributed by atoms with E-state index in [2.05, 4.69) is 64.8 Å². The molecule has 1 aromatic carbocycles. The van der Waals surface area contributed by atoms with Gasteiger partial charge in [-0.2, -0.15) is 9.59 Å². The third-order valence-electron chi connectivity index (χ3n) is 6.24. The predicted molar refractivity (Wildman–Crippen MR) is 157 cm³/mol. The summed E-state index contributed by atoms with van der Waals surface area (Å²) in [4.78, 5) is 45.3. The summed E-state index contributed by atoms with van der Waals surface area (Å²) in [5.74, 6) is 1.43. The molecule has 220 valence electrons. The third-order valence-corrected chi connectivity index (χ3v) is 6.24. The molecule has 0 bridgehead atoms. The Morgan fingerprint density at radius 3 is 2.35 bits per heavy atom. The average molecular weight is 557 g/mol. The molecule has 40 heavy (non-hydrogen) atoms. The second kappa shape index (κ2) is 19.2. The second-order valence-corrected chi connectivity index (χ2v) is 9.20. The quantitative estimate of drug-likeness (QED) is 0.242. The lowest BCUT2D eigenvalue weighted by Crippen LogP contribution is -2.30. The van der Waals surface area contributed by atoms with Crippen LogP contribution >= 0.6 is 0 Å². The summed E-state index contributed by atoms with van der Waals surface area (Å²) in [5.41, 5.74) is 6.39. The van der Waals surface area contributed by atoms with Gasteiger partial charge < -0.3 is 25.4 Å². The summed E-state index contributed by atoms with van der Waals surface area (Å²) in [5, 5.41) is 18.0. The normalized spacial score (nSPS) is 12.7. The predicted octanol–water partition coefficient (Wildman–Crippen LogP) is 4.40. The van der Waals surface area contributed by atoms with Crippen molar-refractivity contribution in [3.63, 3.8) is 0 Å². The largest absolute Gasteiger partial charge is 0.478 e. The summed E-state index contributed by atoms with van der Waals surface area (Å²) >= 11 is 0. The Morgan fingerprint density at radius 2 is 1.80 bits per heavy atom. The number of carboxylic acid groups (broad SMARTS) is 1. The highest BCUT2D eigenvalue weighted by molar-refractivity contribution is 5.83. The number of carbonyl (C=O) groups excluding carboxylic acids is 2. The molecule has 0 unspecified atom stereocenters. The van der Waals surface area contributed by atoms with Gasteiger partial charge in [0.1, 0.15) is 5.82 Å². The fourth-order valence-electron chi connectivity index (χ4n) is 4.32. The standard InChI is InChI=1S/C23H32N6.C3H4O2.CO2.CH4O.CH4/c1-15-12-16(2)21-20(13-15)27-22(28-21)19-14-25-23(26-17(19)3)24-9-5-6-18-7-10-29(4)11-8-18;1-2-3(4)5;2-1-3;1-2;/h12-14,18H,5-11H2,1-4H3,(H,27,28)(H,24,25,26);2H,1H2,(H,4,5);;2H,1H3;1H4. The van der Waals surface area contributed by atoms with Crippen molar-refractivity contribution in [1.82, 2.24) is 24.8 Å². The zero-order valence-electron chi connectivity index (χ0n) is 23.5. The number of aryl methyl sites for hydroxylation is 3. The van der Waals surface area contributed by atoms with Crippen LogP contribution in [0.1, 0.15) is 49.9 Å². The number of carbonyl (C=O) groups is 1. The van der Waals surface area contributed by atoms with Gasteiger partial charge >= 0.3 is 12.1 Å². The Morgan fingerprint density at radius 1 is 1.20 bits per heavy atom. The lowest BCUT2D eigenvalue weighted by molar-refractivity contribution is -0.191. The molecule has 0 spiro atoms. The first-order chi connectivity index (χ1) is 18.7. The Balaban J connectivity index is 0.00000121. The number of aromatic amines is 1. The van der Waals surface area contributed by atoms with Crippen molar-refractivity contribution in [2.45, 2.75) is 53.9 Å². The van der Waals surface area contributed by atoms with E-state index < -0.39 is 5.97 Å². The van der Waals surface area contributed by atoms with E-state index in [4.69, 9.17) is 24.8 Å². The smallest absolute Gasteiger partial charge is 0.373 e. The number of fused-ring (bicyclic) bond motifs is 1. The first kappa shape index (κ1) is 36.1. The number of hydrogen-bond donors (Lipinski definition) is 4. The van der Waals surface area contributed by atoms with Crippen molar-refractivity contribution in [2.24, 2.45) is 5.92 Å².